The maximum Gasteiger partial charge on any atom is 0.510 e. The highest BCUT2D eigenvalue weighted by Crippen LogP contribution is 2.53. The molecular weight excluding hydrogens is 641 g/mol. The number of nitrogen functional groups attached to an aromatic ring is 1. The maximum atomic E-state index is 12.6. The first-order chi connectivity index (χ1) is 21.2. The number of ether oxygens (including phenoxy) is 8. The van der Waals surface area contributed by atoms with Gasteiger partial charge in [0.2, 0.25) is 19.5 Å². The molecule has 3 aromatic rings. The molecule has 0 saturated heterocycles. The summed E-state index contributed by atoms with van der Waals surface area (Å²) in [4.78, 5) is 57.5. The van der Waals surface area contributed by atoms with Gasteiger partial charge in [0.05, 0.1) is 32.3 Å². The van der Waals surface area contributed by atoms with E-state index in [0.29, 0.717) is 21.9 Å². The van der Waals surface area contributed by atoms with Crippen LogP contribution in [0, 0.1) is 0 Å². The minimum Gasteiger partial charge on any atom is -0.497 e. The SMILES string of the molecule is COc1ccc(Sc2nc(N)nc3c2ncn3CCOC(OCOC(=O)OC(C)C)(OCOC(=O)OC(C)C)P(=O)(O)O)cc1. The molecule has 0 aliphatic carbocycles. The molecule has 20 heteroatoms. The first kappa shape index (κ1) is 35.8. The van der Waals surface area contributed by atoms with Crippen LogP contribution in [-0.4, -0.2) is 86.8 Å². The minimum absolute atomic E-state index is 0.0479. The molecule has 4 N–H and O–H groups in total. The van der Waals surface area contributed by atoms with Crippen LogP contribution < -0.4 is 10.5 Å². The lowest BCUT2D eigenvalue weighted by atomic mass is 10.3. The number of hydrogen-bond acceptors (Lipinski definition) is 16. The molecule has 0 aliphatic heterocycles. The van der Waals surface area contributed by atoms with Crippen LogP contribution in [0.4, 0.5) is 15.5 Å². The monoisotopic (exact) mass is 675 g/mol. The van der Waals surface area contributed by atoms with Crippen LogP contribution >= 0.6 is 19.4 Å². The average Bonchev–Trinajstić information content (AvgIpc) is 3.34. The molecule has 0 fully saturated rings. The third-order valence-corrected chi connectivity index (χ3v) is 7.28. The summed E-state index contributed by atoms with van der Waals surface area (Å²) in [5.74, 6) is 0.632. The number of benzene rings is 1. The van der Waals surface area contributed by atoms with Crippen molar-refractivity contribution in [3.63, 3.8) is 0 Å². The summed E-state index contributed by atoms with van der Waals surface area (Å²) in [5.41, 5.74) is 3.45. The summed E-state index contributed by atoms with van der Waals surface area (Å²) in [6, 6.07) is 7.24. The van der Waals surface area contributed by atoms with Crippen molar-refractivity contribution in [1.82, 2.24) is 19.5 Å². The zero-order valence-corrected chi connectivity index (χ0v) is 26.7. The molecule has 1 aromatic carbocycles. The van der Waals surface area contributed by atoms with E-state index in [1.807, 2.05) is 12.1 Å². The Bertz CT molecular complexity index is 1450. The van der Waals surface area contributed by atoms with Crippen molar-refractivity contribution in [3.8, 4) is 5.75 Å². The molecule has 0 bridgehead atoms. The quantitative estimate of drug-likeness (QED) is 0.0853. The molecule has 248 valence electrons. The first-order valence-electron chi connectivity index (χ1n) is 13.2. The van der Waals surface area contributed by atoms with Gasteiger partial charge in [-0.15, -0.1) is 0 Å². The highest BCUT2D eigenvalue weighted by Gasteiger charge is 2.53. The second kappa shape index (κ2) is 16.0. The van der Waals surface area contributed by atoms with E-state index in [-0.39, 0.29) is 12.5 Å². The van der Waals surface area contributed by atoms with Crippen molar-refractivity contribution in [1.29, 1.82) is 0 Å². The summed E-state index contributed by atoms with van der Waals surface area (Å²) < 4.78 is 53.8. The number of rotatable bonds is 16. The Balaban J connectivity index is 1.78. The van der Waals surface area contributed by atoms with Gasteiger partial charge in [0.15, 0.2) is 5.65 Å². The van der Waals surface area contributed by atoms with Gasteiger partial charge < -0.3 is 48.5 Å². The number of imidazole rings is 1. The van der Waals surface area contributed by atoms with Gasteiger partial charge in [0.1, 0.15) is 16.3 Å². The molecule has 2 heterocycles. The van der Waals surface area contributed by atoms with E-state index in [1.54, 1.807) is 46.9 Å². The fraction of sp³-hybridized carbons (Fsp3) is 0.480. The fourth-order valence-electron chi connectivity index (χ4n) is 3.33. The summed E-state index contributed by atoms with van der Waals surface area (Å²) in [7, 11) is -3.95. The Morgan fingerprint density at radius 2 is 1.56 bits per heavy atom. The van der Waals surface area contributed by atoms with Crippen LogP contribution in [-0.2, 0) is 44.3 Å². The molecule has 0 aliphatic rings. The Morgan fingerprint density at radius 3 is 2.07 bits per heavy atom. The van der Waals surface area contributed by atoms with Crippen molar-refractivity contribution in [3.05, 3.63) is 30.6 Å². The number of fused-ring (bicyclic) bond motifs is 1. The summed E-state index contributed by atoms with van der Waals surface area (Å²) in [5, 5.41) is 0.453. The fourth-order valence-corrected chi connectivity index (χ4v) is 4.91. The van der Waals surface area contributed by atoms with Crippen molar-refractivity contribution in [2.45, 2.75) is 62.1 Å². The van der Waals surface area contributed by atoms with Gasteiger partial charge in [0, 0.05) is 11.4 Å². The second-order valence-electron chi connectivity index (χ2n) is 9.34. The van der Waals surface area contributed by atoms with Gasteiger partial charge in [-0.2, -0.15) is 4.98 Å². The van der Waals surface area contributed by atoms with Crippen LogP contribution in [0.2, 0.25) is 0 Å². The Hall–Kier alpha value is -3.71. The number of carbonyl (C=O) groups is 2. The topological polar surface area (TPSA) is 235 Å². The summed E-state index contributed by atoms with van der Waals surface area (Å²) >= 11 is 1.28. The molecule has 2 aromatic heterocycles. The number of nitrogens with zero attached hydrogens (tertiary/aromatic N) is 4. The maximum absolute atomic E-state index is 12.6. The van der Waals surface area contributed by atoms with Crippen molar-refractivity contribution >= 4 is 48.8 Å². The normalized spacial score (nSPS) is 12.0. The van der Waals surface area contributed by atoms with Gasteiger partial charge in [-0.3, -0.25) is 14.0 Å². The zero-order valence-electron chi connectivity index (χ0n) is 25.0. The van der Waals surface area contributed by atoms with E-state index in [4.69, 9.17) is 43.6 Å². The zero-order chi connectivity index (χ0) is 33.2. The third kappa shape index (κ3) is 10.4. The lowest BCUT2D eigenvalue weighted by Gasteiger charge is -2.32. The van der Waals surface area contributed by atoms with E-state index in [0.717, 1.165) is 4.90 Å². The van der Waals surface area contributed by atoms with Gasteiger partial charge in [-0.1, -0.05) is 11.8 Å². The molecule has 45 heavy (non-hydrogen) atoms. The van der Waals surface area contributed by atoms with Gasteiger partial charge in [-0.25, -0.2) is 19.6 Å². The van der Waals surface area contributed by atoms with Crippen LogP contribution in [0.3, 0.4) is 0 Å². The third-order valence-electron chi connectivity index (χ3n) is 5.20. The van der Waals surface area contributed by atoms with E-state index in [9.17, 15) is 23.9 Å². The van der Waals surface area contributed by atoms with Gasteiger partial charge >= 0.3 is 25.6 Å². The van der Waals surface area contributed by atoms with Crippen molar-refractivity contribution < 1.29 is 61.8 Å². The molecule has 3 rings (SSSR count). The van der Waals surface area contributed by atoms with Crippen LogP contribution in [0.1, 0.15) is 27.7 Å². The predicted octanol–water partition coefficient (Wildman–Crippen LogP) is 3.45. The van der Waals surface area contributed by atoms with Crippen molar-refractivity contribution in [2.24, 2.45) is 0 Å². The highest BCUT2D eigenvalue weighted by molar-refractivity contribution is 7.99. The van der Waals surface area contributed by atoms with E-state index < -0.39 is 58.0 Å². The molecule has 0 radical (unpaired) electrons. The first-order valence-corrected chi connectivity index (χ1v) is 15.6. The lowest BCUT2D eigenvalue weighted by molar-refractivity contribution is -0.365. The van der Waals surface area contributed by atoms with Crippen molar-refractivity contribution in [2.75, 3.05) is 33.0 Å². The lowest BCUT2D eigenvalue weighted by Crippen LogP contribution is -2.42. The van der Waals surface area contributed by atoms with Crippen LogP contribution in [0.25, 0.3) is 11.2 Å². The number of anilines is 1. The molecule has 0 atom stereocenters. The summed E-state index contributed by atoms with van der Waals surface area (Å²) in [6.45, 7) is 3.48. The molecule has 0 saturated carbocycles. The number of methoxy groups -OCH3 is 1. The van der Waals surface area contributed by atoms with Crippen LogP contribution in [0.15, 0.2) is 40.5 Å². The van der Waals surface area contributed by atoms with E-state index in [2.05, 4.69) is 15.0 Å². The average molecular weight is 676 g/mol. The Morgan fingerprint density at radius 1 is 0.978 bits per heavy atom. The molecule has 0 spiro atoms. The van der Waals surface area contributed by atoms with Gasteiger partial charge in [0.25, 0.3) is 0 Å². The number of aromatic nitrogens is 4. The highest BCUT2D eigenvalue weighted by atomic mass is 32.2. The smallest absolute Gasteiger partial charge is 0.497 e. The van der Waals surface area contributed by atoms with E-state index in [1.165, 1.54) is 22.7 Å². The molecular formula is C25H34N5O13PS. The molecule has 0 amide bonds. The standard InChI is InChI=1S/C25H34N5O13PS/c1-15(2)42-23(31)37-13-40-25(44(33,34)35,41-14-38-24(32)43-16(3)4)39-11-10-30-12-27-19-20(30)28-22(26)29-21(19)45-18-8-6-17(36-5)7-9-18/h6-9,12,15-16H,10-11,13-14H2,1-5H3,(H2,26,28,29)(H2,33,34,35). The van der Waals surface area contributed by atoms with Gasteiger partial charge in [-0.05, 0) is 52.0 Å². The largest absolute Gasteiger partial charge is 0.510 e. The Labute approximate surface area is 261 Å². The number of nitrogens with two attached hydrogens (primary N) is 1. The summed E-state index contributed by atoms with van der Waals surface area (Å²) in [6.07, 6.45) is -2.07. The van der Waals surface area contributed by atoms with Crippen LogP contribution in [0.5, 0.6) is 5.75 Å². The Kier molecular flexibility index (Phi) is 12.7. The predicted molar refractivity (Wildman–Crippen MR) is 155 cm³/mol. The molecule has 0 unspecified atom stereocenters. The number of hydrogen-bond donors (Lipinski definition) is 3. The second-order valence-corrected chi connectivity index (χ2v) is 12.0. The minimum atomic E-state index is -5.51. The number of carbonyl (C=O) groups excluding carboxylic acids is 2. The molecule has 18 nitrogen and oxygen atoms in total. The van der Waals surface area contributed by atoms with E-state index >= 15 is 0 Å².